The molecule has 90 valence electrons. The van der Waals surface area contributed by atoms with Crippen LogP contribution in [0.15, 0.2) is 29.3 Å². The van der Waals surface area contributed by atoms with Crippen LogP contribution in [0.1, 0.15) is 24.8 Å². The standard InChI is InChI=1S/C13H17N3O/c1-2-8-16(9-3-1)12-6-4-11(5-7-12)13-14-10-17-15-13/h4-7H,1-3,8-10H2,(H,14,15). The predicted molar refractivity (Wildman–Crippen MR) is 68.1 cm³/mol. The highest BCUT2D eigenvalue weighted by molar-refractivity contribution is 5.98. The summed E-state index contributed by atoms with van der Waals surface area (Å²) >= 11 is 0. The van der Waals surface area contributed by atoms with Crippen molar-refractivity contribution in [3.05, 3.63) is 29.8 Å². The Bertz CT molecular complexity index is 407. The smallest absolute Gasteiger partial charge is 0.167 e. The summed E-state index contributed by atoms with van der Waals surface area (Å²) in [6, 6.07) is 8.54. The van der Waals surface area contributed by atoms with Crippen molar-refractivity contribution in [3.8, 4) is 0 Å². The third kappa shape index (κ3) is 2.26. The number of aliphatic imine (C=N–C) groups is 1. The van der Waals surface area contributed by atoms with Gasteiger partial charge in [-0.1, -0.05) is 0 Å². The van der Waals surface area contributed by atoms with Gasteiger partial charge in [0, 0.05) is 24.3 Å². The first-order valence-corrected chi connectivity index (χ1v) is 6.21. The predicted octanol–water partition coefficient (Wildman–Crippen LogP) is 1.92. The molecule has 0 spiro atoms. The van der Waals surface area contributed by atoms with Gasteiger partial charge in [-0.3, -0.25) is 4.84 Å². The molecule has 0 bridgehead atoms. The van der Waals surface area contributed by atoms with Crippen molar-refractivity contribution in [2.75, 3.05) is 24.7 Å². The van der Waals surface area contributed by atoms with Crippen LogP contribution in [-0.2, 0) is 4.84 Å². The van der Waals surface area contributed by atoms with Crippen LogP contribution in [0.25, 0.3) is 0 Å². The fourth-order valence-electron chi connectivity index (χ4n) is 2.36. The van der Waals surface area contributed by atoms with E-state index < -0.39 is 0 Å². The zero-order chi connectivity index (χ0) is 11.5. The van der Waals surface area contributed by atoms with Gasteiger partial charge in [-0.2, -0.15) is 0 Å². The highest BCUT2D eigenvalue weighted by atomic mass is 16.7. The summed E-state index contributed by atoms with van der Waals surface area (Å²) in [6.45, 7) is 2.77. The molecule has 0 radical (unpaired) electrons. The van der Waals surface area contributed by atoms with Crippen molar-refractivity contribution < 1.29 is 4.84 Å². The van der Waals surface area contributed by atoms with Crippen molar-refractivity contribution in [1.29, 1.82) is 0 Å². The lowest BCUT2D eigenvalue weighted by Crippen LogP contribution is -2.29. The number of amidine groups is 1. The van der Waals surface area contributed by atoms with Crippen molar-refractivity contribution in [2.24, 2.45) is 4.99 Å². The molecule has 2 aliphatic rings. The molecule has 1 aromatic carbocycles. The summed E-state index contributed by atoms with van der Waals surface area (Å²) in [4.78, 5) is 11.7. The molecule has 0 saturated carbocycles. The van der Waals surface area contributed by atoms with Crippen molar-refractivity contribution in [1.82, 2.24) is 5.48 Å². The molecule has 0 unspecified atom stereocenters. The van der Waals surface area contributed by atoms with E-state index in [0.717, 1.165) is 11.4 Å². The zero-order valence-electron chi connectivity index (χ0n) is 9.85. The summed E-state index contributed by atoms with van der Waals surface area (Å²) < 4.78 is 0. The van der Waals surface area contributed by atoms with E-state index in [0.29, 0.717) is 6.73 Å². The summed E-state index contributed by atoms with van der Waals surface area (Å²) in [7, 11) is 0. The Kier molecular flexibility index (Phi) is 2.96. The van der Waals surface area contributed by atoms with Gasteiger partial charge >= 0.3 is 0 Å². The lowest BCUT2D eigenvalue weighted by Gasteiger charge is -2.28. The van der Waals surface area contributed by atoms with E-state index in [4.69, 9.17) is 4.84 Å². The largest absolute Gasteiger partial charge is 0.372 e. The van der Waals surface area contributed by atoms with Gasteiger partial charge in [0.1, 0.15) is 0 Å². The second kappa shape index (κ2) is 4.75. The third-order valence-corrected chi connectivity index (χ3v) is 3.32. The monoisotopic (exact) mass is 231 g/mol. The lowest BCUT2D eigenvalue weighted by molar-refractivity contribution is 0.115. The molecule has 1 fully saturated rings. The van der Waals surface area contributed by atoms with Gasteiger partial charge in [0.15, 0.2) is 12.6 Å². The van der Waals surface area contributed by atoms with Crippen LogP contribution in [0.3, 0.4) is 0 Å². The highest BCUT2D eigenvalue weighted by Crippen LogP contribution is 2.20. The highest BCUT2D eigenvalue weighted by Gasteiger charge is 2.12. The molecule has 0 amide bonds. The second-order valence-corrected chi connectivity index (χ2v) is 4.48. The maximum atomic E-state index is 4.99. The average Bonchev–Trinajstić information content (AvgIpc) is 2.94. The Morgan fingerprint density at radius 1 is 1.06 bits per heavy atom. The molecule has 1 aromatic rings. The lowest BCUT2D eigenvalue weighted by atomic mass is 10.1. The van der Waals surface area contributed by atoms with Crippen LogP contribution in [0.4, 0.5) is 5.69 Å². The van der Waals surface area contributed by atoms with Crippen molar-refractivity contribution >= 4 is 11.5 Å². The molecule has 4 heteroatoms. The first-order valence-electron chi connectivity index (χ1n) is 6.21. The molecule has 1 N–H and O–H groups in total. The van der Waals surface area contributed by atoms with Gasteiger partial charge in [-0.05, 0) is 43.5 Å². The number of rotatable bonds is 2. The molecule has 3 rings (SSSR count). The van der Waals surface area contributed by atoms with Gasteiger partial charge < -0.3 is 4.90 Å². The fourth-order valence-corrected chi connectivity index (χ4v) is 2.36. The minimum atomic E-state index is 0.406. The quantitative estimate of drug-likeness (QED) is 0.844. The first-order chi connectivity index (χ1) is 8.43. The molecule has 2 heterocycles. The third-order valence-electron chi connectivity index (χ3n) is 3.32. The number of hydrogen-bond donors (Lipinski definition) is 1. The normalized spacial score (nSPS) is 20.0. The topological polar surface area (TPSA) is 36.9 Å². The van der Waals surface area contributed by atoms with Gasteiger partial charge in [0.25, 0.3) is 0 Å². The molecule has 4 nitrogen and oxygen atoms in total. The summed E-state index contributed by atoms with van der Waals surface area (Å²) in [5.41, 5.74) is 5.21. The molecule has 0 atom stereocenters. The van der Waals surface area contributed by atoms with Crippen LogP contribution in [-0.4, -0.2) is 25.7 Å². The van der Waals surface area contributed by atoms with Crippen molar-refractivity contribution in [3.63, 3.8) is 0 Å². The molecular weight excluding hydrogens is 214 g/mol. The number of anilines is 1. The number of hydroxylamine groups is 1. The Balaban J connectivity index is 1.75. The first kappa shape index (κ1) is 10.6. The van der Waals surface area contributed by atoms with Crippen LogP contribution in [0.2, 0.25) is 0 Å². The van der Waals surface area contributed by atoms with E-state index in [2.05, 4.69) is 39.6 Å². The van der Waals surface area contributed by atoms with Gasteiger partial charge in [-0.15, -0.1) is 0 Å². The van der Waals surface area contributed by atoms with E-state index >= 15 is 0 Å². The van der Waals surface area contributed by atoms with E-state index in [9.17, 15) is 0 Å². The van der Waals surface area contributed by atoms with E-state index in [1.807, 2.05) is 0 Å². The van der Waals surface area contributed by atoms with Gasteiger partial charge in [0.05, 0.1) is 0 Å². The van der Waals surface area contributed by atoms with Gasteiger partial charge in [-0.25, -0.2) is 10.5 Å². The van der Waals surface area contributed by atoms with Crippen LogP contribution in [0, 0.1) is 0 Å². The van der Waals surface area contributed by atoms with E-state index in [1.54, 1.807) is 0 Å². The number of nitrogens with zero attached hydrogens (tertiary/aromatic N) is 2. The molecular formula is C13H17N3O. The Hall–Kier alpha value is -1.55. The molecule has 0 aliphatic carbocycles. The fraction of sp³-hybridized carbons (Fsp3) is 0.462. The second-order valence-electron chi connectivity index (χ2n) is 4.48. The van der Waals surface area contributed by atoms with E-state index in [-0.39, 0.29) is 0 Å². The zero-order valence-corrected chi connectivity index (χ0v) is 9.85. The summed E-state index contributed by atoms with van der Waals surface area (Å²) in [5, 5.41) is 0. The Morgan fingerprint density at radius 2 is 1.82 bits per heavy atom. The van der Waals surface area contributed by atoms with Gasteiger partial charge in [0.2, 0.25) is 0 Å². The SMILES string of the molecule is c1cc(N2CCCCC2)ccc1C1=NCON1. The molecule has 17 heavy (non-hydrogen) atoms. The summed E-state index contributed by atoms with van der Waals surface area (Å²) in [5.74, 6) is 0.829. The number of benzene rings is 1. The number of piperidine rings is 1. The Labute approximate surface area is 101 Å². The van der Waals surface area contributed by atoms with E-state index in [1.165, 1.54) is 38.0 Å². The minimum Gasteiger partial charge on any atom is -0.372 e. The summed E-state index contributed by atoms with van der Waals surface area (Å²) in [6.07, 6.45) is 3.99. The number of hydrogen-bond acceptors (Lipinski definition) is 4. The van der Waals surface area contributed by atoms with Crippen LogP contribution in [0.5, 0.6) is 0 Å². The Morgan fingerprint density at radius 3 is 2.47 bits per heavy atom. The maximum Gasteiger partial charge on any atom is 0.167 e. The molecule has 2 aliphatic heterocycles. The van der Waals surface area contributed by atoms with Crippen LogP contribution >= 0.6 is 0 Å². The average molecular weight is 231 g/mol. The molecule has 0 aromatic heterocycles. The maximum absolute atomic E-state index is 4.99. The number of nitrogens with one attached hydrogen (secondary N) is 1. The minimum absolute atomic E-state index is 0.406. The van der Waals surface area contributed by atoms with Crippen LogP contribution < -0.4 is 10.4 Å². The van der Waals surface area contributed by atoms with Crippen molar-refractivity contribution in [2.45, 2.75) is 19.3 Å². The molecule has 1 saturated heterocycles.